The average molecular weight is 313 g/mol. The van der Waals surface area contributed by atoms with Gasteiger partial charge in [0.2, 0.25) is 0 Å². The molecule has 0 unspecified atom stereocenters. The fourth-order valence-corrected chi connectivity index (χ4v) is 2.26. The molecular weight excluding hydrogens is 286 g/mol. The number of likely N-dealkylation sites (tertiary alicyclic amines) is 1. The third-order valence-electron chi connectivity index (χ3n) is 3.60. The van der Waals surface area contributed by atoms with Gasteiger partial charge < -0.3 is 24.6 Å². The summed E-state index contributed by atoms with van der Waals surface area (Å²) in [6, 6.07) is 0. The van der Waals surface area contributed by atoms with Crippen LogP contribution in [0.3, 0.4) is 0 Å². The molecule has 0 aromatic rings. The predicted octanol–water partition coefficient (Wildman–Crippen LogP) is 1.01. The summed E-state index contributed by atoms with van der Waals surface area (Å²) in [5.41, 5.74) is -0.837. The normalized spacial score (nSPS) is 17.6. The van der Waals surface area contributed by atoms with Crippen LogP contribution in [0.25, 0.3) is 0 Å². The zero-order chi connectivity index (χ0) is 16.6. The van der Waals surface area contributed by atoms with E-state index in [0.29, 0.717) is 32.5 Å². The molecule has 1 amide bonds. The number of carbonyl (C=O) groups is 1. The van der Waals surface area contributed by atoms with Crippen LogP contribution in [0, 0.1) is 17.3 Å². The van der Waals surface area contributed by atoms with E-state index in [9.17, 15) is 9.90 Å². The minimum Gasteiger partial charge on any atom is -0.444 e. The molecule has 0 aromatic heterocycles. The lowest BCUT2D eigenvalue weighted by molar-refractivity contribution is -0.0336. The summed E-state index contributed by atoms with van der Waals surface area (Å²) in [6.07, 6.45) is 1.01. The second-order valence-corrected chi connectivity index (χ2v) is 6.63. The molecule has 126 valence electrons. The van der Waals surface area contributed by atoms with Crippen molar-refractivity contribution in [3.63, 3.8) is 0 Å². The van der Waals surface area contributed by atoms with Gasteiger partial charge in [0, 0.05) is 18.5 Å². The van der Waals surface area contributed by atoms with Gasteiger partial charge in [0.05, 0.1) is 13.2 Å². The summed E-state index contributed by atoms with van der Waals surface area (Å²) in [6.45, 7) is 7.07. The highest BCUT2D eigenvalue weighted by atomic mass is 16.6. The lowest BCUT2D eigenvalue weighted by Gasteiger charge is -2.40. The lowest BCUT2D eigenvalue weighted by Crippen LogP contribution is -2.48. The fourth-order valence-electron chi connectivity index (χ4n) is 2.26. The van der Waals surface area contributed by atoms with Gasteiger partial charge in [-0.15, -0.1) is 0 Å². The molecule has 0 radical (unpaired) electrons. The number of aliphatic hydroxyl groups excluding tert-OH is 2. The van der Waals surface area contributed by atoms with Crippen molar-refractivity contribution in [1.29, 1.82) is 0 Å². The Morgan fingerprint density at radius 1 is 1.23 bits per heavy atom. The highest BCUT2D eigenvalue weighted by molar-refractivity contribution is 5.68. The van der Waals surface area contributed by atoms with Crippen LogP contribution in [0.4, 0.5) is 4.79 Å². The number of aliphatic hydroxyl groups is 2. The lowest BCUT2D eigenvalue weighted by atomic mass is 9.80. The Morgan fingerprint density at radius 2 is 1.86 bits per heavy atom. The first-order valence-electron chi connectivity index (χ1n) is 7.55. The van der Waals surface area contributed by atoms with Crippen LogP contribution in [0.2, 0.25) is 0 Å². The molecule has 2 N–H and O–H groups in total. The molecule has 0 spiro atoms. The van der Waals surface area contributed by atoms with Gasteiger partial charge in [0.1, 0.15) is 18.8 Å². The molecule has 1 aliphatic rings. The van der Waals surface area contributed by atoms with Crippen LogP contribution in [0.5, 0.6) is 0 Å². The number of hydrogen-bond donors (Lipinski definition) is 2. The van der Waals surface area contributed by atoms with Gasteiger partial charge in [-0.05, 0) is 33.6 Å². The van der Waals surface area contributed by atoms with E-state index < -0.39 is 5.60 Å². The Morgan fingerprint density at radius 3 is 2.36 bits per heavy atom. The van der Waals surface area contributed by atoms with Crippen LogP contribution in [0.15, 0.2) is 0 Å². The maximum absolute atomic E-state index is 12.0. The molecule has 6 heteroatoms. The SMILES string of the molecule is CC(C)(C)OC(=O)N1CCC(CO)(COCC#CCO)CC1. The van der Waals surface area contributed by atoms with E-state index in [1.54, 1.807) is 4.90 Å². The molecule has 1 fully saturated rings. The number of piperidine rings is 1. The molecular formula is C16H27NO5. The van der Waals surface area contributed by atoms with Crippen LogP contribution in [-0.2, 0) is 9.47 Å². The Hall–Kier alpha value is -1.29. The van der Waals surface area contributed by atoms with Gasteiger partial charge in [-0.25, -0.2) is 4.79 Å². The van der Waals surface area contributed by atoms with Crippen molar-refractivity contribution < 1.29 is 24.5 Å². The van der Waals surface area contributed by atoms with Crippen LogP contribution < -0.4 is 0 Å². The molecule has 1 aliphatic heterocycles. The standard InChI is InChI=1S/C16H27NO5/c1-15(2,3)22-14(20)17-8-6-16(12-19,7-9-17)13-21-11-5-4-10-18/h18-19H,6-13H2,1-3H3. The highest BCUT2D eigenvalue weighted by Crippen LogP contribution is 2.32. The van der Waals surface area contributed by atoms with Crippen molar-refractivity contribution >= 4 is 6.09 Å². The number of rotatable bonds is 4. The van der Waals surface area contributed by atoms with Crippen molar-refractivity contribution in [2.45, 2.75) is 39.2 Å². The van der Waals surface area contributed by atoms with Gasteiger partial charge in [-0.1, -0.05) is 11.8 Å². The third-order valence-corrected chi connectivity index (χ3v) is 3.60. The van der Waals surface area contributed by atoms with E-state index in [4.69, 9.17) is 14.6 Å². The molecule has 1 heterocycles. The van der Waals surface area contributed by atoms with Crippen molar-refractivity contribution in [3.8, 4) is 11.8 Å². The Bertz CT molecular complexity index is 410. The molecule has 0 bridgehead atoms. The monoisotopic (exact) mass is 313 g/mol. The van der Waals surface area contributed by atoms with E-state index in [-0.39, 0.29) is 31.3 Å². The van der Waals surface area contributed by atoms with Gasteiger partial charge >= 0.3 is 6.09 Å². The Kier molecular flexibility index (Phi) is 7.14. The van der Waals surface area contributed by atoms with Gasteiger partial charge in [0.15, 0.2) is 0 Å². The summed E-state index contributed by atoms with van der Waals surface area (Å²) < 4.78 is 10.8. The topological polar surface area (TPSA) is 79.2 Å². The number of nitrogens with zero attached hydrogens (tertiary/aromatic N) is 1. The van der Waals surface area contributed by atoms with Crippen LogP contribution in [-0.4, -0.2) is 66.3 Å². The zero-order valence-corrected chi connectivity index (χ0v) is 13.7. The van der Waals surface area contributed by atoms with E-state index in [1.807, 2.05) is 20.8 Å². The molecule has 0 atom stereocenters. The summed E-state index contributed by atoms with van der Waals surface area (Å²) in [4.78, 5) is 13.7. The minimum absolute atomic E-state index is 0.0165. The maximum Gasteiger partial charge on any atom is 0.410 e. The molecule has 6 nitrogen and oxygen atoms in total. The highest BCUT2D eigenvalue weighted by Gasteiger charge is 2.36. The first-order valence-corrected chi connectivity index (χ1v) is 7.55. The smallest absolute Gasteiger partial charge is 0.410 e. The average Bonchev–Trinajstić information content (AvgIpc) is 2.46. The third kappa shape index (κ3) is 6.22. The zero-order valence-electron chi connectivity index (χ0n) is 13.7. The van der Waals surface area contributed by atoms with E-state index in [1.165, 1.54) is 0 Å². The Balaban J connectivity index is 2.44. The van der Waals surface area contributed by atoms with Gasteiger partial charge in [0.25, 0.3) is 0 Å². The van der Waals surface area contributed by atoms with Crippen molar-refractivity contribution in [3.05, 3.63) is 0 Å². The summed E-state index contributed by atoms with van der Waals surface area (Å²) in [5, 5.41) is 18.2. The summed E-state index contributed by atoms with van der Waals surface area (Å²) in [7, 11) is 0. The van der Waals surface area contributed by atoms with Gasteiger partial charge in [-0.3, -0.25) is 0 Å². The minimum atomic E-state index is -0.503. The number of hydrogen-bond acceptors (Lipinski definition) is 5. The Labute approximate surface area is 132 Å². The van der Waals surface area contributed by atoms with E-state index in [0.717, 1.165) is 0 Å². The van der Waals surface area contributed by atoms with Crippen molar-refractivity contribution in [2.75, 3.05) is 39.5 Å². The molecule has 1 saturated heterocycles. The van der Waals surface area contributed by atoms with Gasteiger partial charge in [-0.2, -0.15) is 0 Å². The predicted molar refractivity (Wildman–Crippen MR) is 82.2 cm³/mol. The molecule has 0 saturated carbocycles. The molecule has 1 rings (SSSR count). The maximum atomic E-state index is 12.0. The fraction of sp³-hybridized carbons (Fsp3) is 0.812. The van der Waals surface area contributed by atoms with E-state index in [2.05, 4.69) is 11.8 Å². The summed E-state index contributed by atoms with van der Waals surface area (Å²) >= 11 is 0. The van der Waals surface area contributed by atoms with Crippen molar-refractivity contribution in [1.82, 2.24) is 4.90 Å². The second-order valence-electron chi connectivity index (χ2n) is 6.63. The van der Waals surface area contributed by atoms with Crippen LogP contribution in [0.1, 0.15) is 33.6 Å². The number of amides is 1. The van der Waals surface area contributed by atoms with Crippen LogP contribution >= 0.6 is 0 Å². The first kappa shape index (κ1) is 18.8. The largest absolute Gasteiger partial charge is 0.444 e. The first-order chi connectivity index (χ1) is 10.3. The number of carbonyl (C=O) groups excluding carboxylic acids is 1. The summed E-state index contributed by atoms with van der Waals surface area (Å²) in [5.74, 6) is 5.19. The molecule has 22 heavy (non-hydrogen) atoms. The second kappa shape index (κ2) is 8.37. The number of ether oxygens (including phenoxy) is 2. The molecule has 0 aromatic carbocycles. The molecule has 0 aliphatic carbocycles. The van der Waals surface area contributed by atoms with E-state index >= 15 is 0 Å². The van der Waals surface area contributed by atoms with Crippen molar-refractivity contribution in [2.24, 2.45) is 5.41 Å². The quantitative estimate of drug-likeness (QED) is 0.598.